The molecule has 0 aliphatic carbocycles. The van der Waals surface area contributed by atoms with Gasteiger partial charge in [0.1, 0.15) is 11.8 Å². The molecule has 0 spiro atoms. The van der Waals surface area contributed by atoms with E-state index in [0.29, 0.717) is 12.2 Å². The summed E-state index contributed by atoms with van der Waals surface area (Å²) in [7, 11) is 0. The van der Waals surface area contributed by atoms with E-state index in [-0.39, 0.29) is 48.0 Å². The zero-order chi connectivity index (χ0) is 22.8. The van der Waals surface area contributed by atoms with Crippen LogP contribution in [-0.2, 0) is 17.4 Å². The van der Waals surface area contributed by atoms with Gasteiger partial charge in [-0.1, -0.05) is 32.0 Å². The minimum atomic E-state index is -4.48. The first-order chi connectivity index (χ1) is 14.6. The van der Waals surface area contributed by atoms with Crippen molar-refractivity contribution in [3.63, 3.8) is 0 Å². The Morgan fingerprint density at radius 2 is 2.03 bits per heavy atom. The molecule has 0 radical (unpaired) electrons. The number of rotatable bonds is 6. The van der Waals surface area contributed by atoms with Gasteiger partial charge >= 0.3 is 12.2 Å². The molecule has 31 heavy (non-hydrogen) atoms. The molecule has 0 unspecified atom stereocenters. The molecule has 2 heterocycles. The highest BCUT2D eigenvalue weighted by atomic mass is 19.4. The molecule has 6 nitrogen and oxygen atoms in total. The van der Waals surface area contributed by atoms with Crippen LogP contribution in [-0.4, -0.2) is 40.8 Å². The molecule has 1 aliphatic heterocycles. The molecule has 1 fully saturated rings. The van der Waals surface area contributed by atoms with Crippen LogP contribution >= 0.6 is 0 Å². The summed E-state index contributed by atoms with van der Waals surface area (Å²) in [5.74, 6) is -0.292. The molecular weight excluding hydrogens is 409 g/mol. The lowest BCUT2D eigenvalue weighted by molar-refractivity contribution is -0.137. The number of anilines is 1. The van der Waals surface area contributed by atoms with Crippen molar-refractivity contribution >= 4 is 17.5 Å². The molecule has 162 valence electrons. The lowest BCUT2D eigenvalue weighted by Gasteiger charge is -2.25. The lowest BCUT2D eigenvalue weighted by atomic mass is 10.0. The van der Waals surface area contributed by atoms with E-state index >= 15 is 0 Å². The van der Waals surface area contributed by atoms with Crippen LogP contribution in [0, 0.1) is 17.2 Å². The molecule has 1 aromatic carbocycles. The largest absolute Gasteiger partial charge is 0.416 e. The van der Waals surface area contributed by atoms with Gasteiger partial charge in [-0.2, -0.15) is 18.4 Å². The third-order valence-electron chi connectivity index (χ3n) is 5.19. The number of hydrogen-bond donors (Lipinski definition) is 0. The number of aromatic nitrogens is 1. The number of benzene rings is 1. The maximum absolute atomic E-state index is 13.0. The van der Waals surface area contributed by atoms with Crippen LogP contribution in [0.1, 0.15) is 30.7 Å². The smallest absolute Gasteiger partial charge is 0.312 e. The Labute approximate surface area is 177 Å². The Balaban J connectivity index is 1.75. The van der Waals surface area contributed by atoms with Crippen LogP contribution < -0.4 is 4.90 Å². The molecule has 3 rings (SSSR count). The lowest BCUT2D eigenvalue weighted by Crippen LogP contribution is -2.41. The molecule has 1 aromatic heterocycles. The second-order valence-corrected chi connectivity index (χ2v) is 7.76. The molecule has 0 saturated carbocycles. The maximum atomic E-state index is 13.0. The van der Waals surface area contributed by atoms with Crippen molar-refractivity contribution in [1.82, 2.24) is 9.88 Å². The summed E-state index contributed by atoms with van der Waals surface area (Å²) in [5.41, 5.74) is 0.182. The summed E-state index contributed by atoms with van der Waals surface area (Å²) in [5, 5.41) is 8.88. The van der Waals surface area contributed by atoms with Crippen molar-refractivity contribution in [2.45, 2.75) is 32.5 Å². The summed E-state index contributed by atoms with van der Waals surface area (Å²) < 4.78 is 38.7. The molecule has 0 N–H and O–H groups in total. The fourth-order valence-electron chi connectivity index (χ4n) is 3.58. The zero-order valence-electron chi connectivity index (χ0n) is 17.1. The van der Waals surface area contributed by atoms with Gasteiger partial charge < -0.3 is 4.90 Å². The van der Waals surface area contributed by atoms with Crippen molar-refractivity contribution < 1.29 is 22.8 Å². The minimum absolute atomic E-state index is 0.0571. The van der Waals surface area contributed by atoms with E-state index in [0.717, 1.165) is 12.1 Å². The molecule has 0 bridgehead atoms. The maximum Gasteiger partial charge on any atom is 0.416 e. The highest BCUT2D eigenvalue weighted by Crippen LogP contribution is 2.30. The number of amides is 2. The molecule has 2 amide bonds. The predicted molar refractivity (Wildman–Crippen MR) is 107 cm³/mol. The quantitative estimate of drug-likeness (QED) is 0.693. The van der Waals surface area contributed by atoms with Crippen LogP contribution in [0.3, 0.4) is 0 Å². The van der Waals surface area contributed by atoms with Crippen molar-refractivity contribution in [2.75, 3.05) is 18.0 Å². The summed E-state index contributed by atoms with van der Waals surface area (Å²) in [6.45, 7) is 4.02. The summed E-state index contributed by atoms with van der Waals surface area (Å²) in [6, 6.07) is 9.07. The Bertz CT molecular complexity index is 1010. The van der Waals surface area contributed by atoms with Crippen molar-refractivity contribution in [2.24, 2.45) is 5.92 Å². The minimum Gasteiger partial charge on any atom is -0.312 e. The SMILES string of the molecule is CC(C)[C@H]1CN(c2ccc(C#N)nc2)C(=O)N1CC(=O)Cc1cccc(C(F)(F)F)c1. The highest BCUT2D eigenvalue weighted by molar-refractivity contribution is 5.97. The van der Waals surface area contributed by atoms with Gasteiger partial charge in [0, 0.05) is 13.0 Å². The van der Waals surface area contributed by atoms with Crippen molar-refractivity contribution in [3.8, 4) is 6.07 Å². The van der Waals surface area contributed by atoms with E-state index in [4.69, 9.17) is 5.26 Å². The van der Waals surface area contributed by atoms with Crippen molar-refractivity contribution in [3.05, 3.63) is 59.4 Å². The van der Waals surface area contributed by atoms with Gasteiger partial charge in [-0.3, -0.25) is 9.69 Å². The number of pyridine rings is 1. The number of carbonyl (C=O) groups is 2. The van der Waals surface area contributed by atoms with E-state index in [1.165, 1.54) is 34.2 Å². The van der Waals surface area contributed by atoms with Gasteiger partial charge in [0.25, 0.3) is 0 Å². The van der Waals surface area contributed by atoms with Gasteiger partial charge in [-0.15, -0.1) is 0 Å². The Morgan fingerprint density at radius 1 is 1.29 bits per heavy atom. The number of nitriles is 1. The average molecular weight is 430 g/mol. The van der Waals surface area contributed by atoms with Gasteiger partial charge in [0.15, 0.2) is 5.78 Å². The normalized spacial score (nSPS) is 16.7. The molecule has 1 saturated heterocycles. The Morgan fingerprint density at radius 3 is 2.61 bits per heavy atom. The van der Waals surface area contributed by atoms with E-state index in [2.05, 4.69) is 4.98 Å². The number of carbonyl (C=O) groups excluding carboxylic acids is 2. The summed E-state index contributed by atoms with van der Waals surface area (Å²) >= 11 is 0. The zero-order valence-corrected chi connectivity index (χ0v) is 17.1. The highest BCUT2D eigenvalue weighted by Gasteiger charge is 2.40. The van der Waals surface area contributed by atoms with E-state index in [9.17, 15) is 22.8 Å². The van der Waals surface area contributed by atoms with Crippen LogP contribution in [0.4, 0.5) is 23.7 Å². The number of hydrogen-bond acceptors (Lipinski definition) is 4. The Kier molecular flexibility index (Phi) is 6.29. The second kappa shape index (κ2) is 8.76. The van der Waals surface area contributed by atoms with Gasteiger partial charge in [-0.25, -0.2) is 9.78 Å². The number of ketones is 1. The van der Waals surface area contributed by atoms with Crippen molar-refractivity contribution in [1.29, 1.82) is 5.26 Å². The number of urea groups is 1. The van der Waals surface area contributed by atoms with Gasteiger partial charge in [0.05, 0.1) is 30.0 Å². The van der Waals surface area contributed by atoms with E-state index < -0.39 is 11.7 Å². The number of alkyl halides is 3. The Hall–Kier alpha value is -3.41. The monoisotopic (exact) mass is 430 g/mol. The number of halogens is 3. The van der Waals surface area contributed by atoms with Crippen LogP contribution in [0.25, 0.3) is 0 Å². The molecule has 9 heteroatoms. The van der Waals surface area contributed by atoms with Crippen LogP contribution in [0.15, 0.2) is 42.6 Å². The van der Waals surface area contributed by atoms with Gasteiger partial charge in [0.2, 0.25) is 0 Å². The average Bonchev–Trinajstić information content (AvgIpc) is 3.04. The first kappa shape index (κ1) is 22.3. The van der Waals surface area contributed by atoms with Gasteiger partial charge in [-0.05, 0) is 29.7 Å². The van der Waals surface area contributed by atoms with Crippen LogP contribution in [0.2, 0.25) is 0 Å². The fourth-order valence-corrected chi connectivity index (χ4v) is 3.58. The number of nitrogens with zero attached hydrogens (tertiary/aromatic N) is 4. The fraction of sp³-hybridized carbons (Fsp3) is 0.364. The summed E-state index contributed by atoms with van der Waals surface area (Å²) in [4.78, 5) is 32.6. The second-order valence-electron chi connectivity index (χ2n) is 7.76. The predicted octanol–water partition coefficient (Wildman–Crippen LogP) is 4.05. The first-order valence-corrected chi connectivity index (χ1v) is 9.72. The molecule has 1 atom stereocenters. The molecular formula is C22H21F3N4O2. The van der Waals surface area contributed by atoms with E-state index in [1.54, 1.807) is 6.07 Å². The summed E-state index contributed by atoms with van der Waals surface area (Å²) in [6.07, 6.45) is -3.25. The third kappa shape index (κ3) is 5.02. The standard InChI is InChI=1S/C22H21F3N4O2/c1-14(2)20-13-28(18-7-6-17(10-26)27-11-18)21(31)29(20)12-19(30)9-15-4-3-5-16(8-15)22(23,24)25/h3-8,11,14,20H,9,12-13H2,1-2H3/t20-/m1/s1. The van der Waals surface area contributed by atoms with E-state index in [1.807, 2.05) is 19.9 Å². The number of Topliss-reactive ketones (excluding diaryl/α,β-unsaturated/α-hetero) is 1. The van der Waals surface area contributed by atoms with Crippen LogP contribution in [0.5, 0.6) is 0 Å². The molecule has 2 aromatic rings. The topological polar surface area (TPSA) is 77.3 Å². The molecule has 1 aliphatic rings. The third-order valence-corrected chi connectivity index (χ3v) is 5.19. The first-order valence-electron chi connectivity index (χ1n) is 9.72.